The molecule has 2 N–H and O–H groups in total. The van der Waals surface area contributed by atoms with Crippen LogP contribution in [-0.2, 0) is 0 Å². The lowest BCUT2D eigenvalue weighted by atomic mass is 9.99. The van der Waals surface area contributed by atoms with Gasteiger partial charge in [0.05, 0.1) is 16.4 Å². The summed E-state index contributed by atoms with van der Waals surface area (Å²) in [6.07, 6.45) is 2.85. The number of hydrogen-bond donors (Lipinski definition) is 2. The van der Waals surface area contributed by atoms with Gasteiger partial charge in [0.2, 0.25) is 0 Å². The summed E-state index contributed by atoms with van der Waals surface area (Å²) < 4.78 is 0. The number of benzene rings is 3. The van der Waals surface area contributed by atoms with Gasteiger partial charge in [-0.15, -0.1) is 0 Å². The number of anilines is 3. The van der Waals surface area contributed by atoms with E-state index in [1.54, 1.807) is 24.3 Å². The molecule has 6 heteroatoms. The van der Waals surface area contributed by atoms with Crippen molar-refractivity contribution in [1.29, 1.82) is 0 Å². The Morgan fingerprint density at radius 2 is 1.66 bits per heavy atom. The molecule has 1 saturated carbocycles. The SMILES string of the molecule is Cc1ccccc1C(=O)c1ccc(Nc2ccccc2N(C(=O)O)C2CCCC2)cc1Cl. The van der Waals surface area contributed by atoms with Crippen molar-refractivity contribution in [2.75, 3.05) is 10.2 Å². The molecule has 0 aromatic heterocycles. The number of hydrogen-bond acceptors (Lipinski definition) is 3. The maximum absolute atomic E-state index is 12.9. The number of ketones is 1. The van der Waals surface area contributed by atoms with E-state index < -0.39 is 6.09 Å². The third-order valence-corrected chi connectivity index (χ3v) is 6.25. The summed E-state index contributed by atoms with van der Waals surface area (Å²) in [5.41, 5.74) is 3.91. The van der Waals surface area contributed by atoms with E-state index in [2.05, 4.69) is 5.32 Å². The predicted molar refractivity (Wildman–Crippen MR) is 129 cm³/mol. The summed E-state index contributed by atoms with van der Waals surface area (Å²) in [7, 11) is 0. The van der Waals surface area contributed by atoms with E-state index >= 15 is 0 Å². The maximum atomic E-state index is 12.9. The van der Waals surface area contributed by atoms with E-state index in [0.29, 0.717) is 33.2 Å². The maximum Gasteiger partial charge on any atom is 0.412 e. The Labute approximate surface area is 192 Å². The number of carbonyl (C=O) groups is 2. The van der Waals surface area contributed by atoms with Gasteiger partial charge in [-0.3, -0.25) is 9.69 Å². The highest BCUT2D eigenvalue weighted by Gasteiger charge is 2.29. The van der Waals surface area contributed by atoms with Crippen molar-refractivity contribution in [3.05, 3.63) is 88.4 Å². The van der Waals surface area contributed by atoms with Crippen molar-refractivity contribution in [2.45, 2.75) is 38.6 Å². The fourth-order valence-electron chi connectivity index (χ4n) is 4.31. The quantitative estimate of drug-likeness (QED) is 0.396. The van der Waals surface area contributed by atoms with Crippen LogP contribution in [-0.4, -0.2) is 23.0 Å². The highest BCUT2D eigenvalue weighted by Crippen LogP contribution is 2.35. The van der Waals surface area contributed by atoms with Gasteiger partial charge >= 0.3 is 6.09 Å². The van der Waals surface area contributed by atoms with Crippen LogP contribution in [0.15, 0.2) is 66.7 Å². The molecule has 0 unspecified atom stereocenters. The molecule has 0 aliphatic heterocycles. The van der Waals surface area contributed by atoms with Gasteiger partial charge in [-0.1, -0.05) is 60.8 Å². The molecule has 1 aliphatic carbocycles. The second-order valence-corrected chi connectivity index (χ2v) is 8.48. The first-order valence-corrected chi connectivity index (χ1v) is 11.1. The fourth-order valence-corrected chi connectivity index (χ4v) is 4.58. The molecule has 164 valence electrons. The molecular weight excluding hydrogens is 424 g/mol. The number of halogens is 1. The molecule has 3 aromatic rings. The zero-order valence-corrected chi connectivity index (χ0v) is 18.6. The molecule has 0 bridgehead atoms. The first-order valence-electron chi connectivity index (χ1n) is 10.7. The van der Waals surface area contributed by atoms with Crippen LogP contribution in [0.4, 0.5) is 21.9 Å². The molecule has 0 heterocycles. The van der Waals surface area contributed by atoms with E-state index in [4.69, 9.17) is 11.6 Å². The number of carboxylic acid groups (broad SMARTS) is 1. The summed E-state index contributed by atoms with van der Waals surface area (Å²) in [5.74, 6) is -0.127. The lowest BCUT2D eigenvalue weighted by Crippen LogP contribution is -2.38. The zero-order valence-electron chi connectivity index (χ0n) is 17.8. The van der Waals surface area contributed by atoms with E-state index in [0.717, 1.165) is 31.2 Å². The van der Waals surface area contributed by atoms with Crippen LogP contribution in [0.2, 0.25) is 5.02 Å². The average molecular weight is 449 g/mol. The Balaban J connectivity index is 1.62. The van der Waals surface area contributed by atoms with Crippen LogP contribution in [0, 0.1) is 6.92 Å². The van der Waals surface area contributed by atoms with Gasteiger partial charge in [-0.25, -0.2) is 4.79 Å². The lowest BCUT2D eigenvalue weighted by molar-refractivity contribution is 0.103. The molecule has 3 aromatic carbocycles. The molecular formula is C26H25ClN2O3. The Morgan fingerprint density at radius 1 is 0.969 bits per heavy atom. The lowest BCUT2D eigenvalue weighted by Gasteiger charge is -2.28. The van der Waals surface area contributed by atoms with Crippen LogP contribution < -0.4 is 10.2 Å². The molecule has 0 saturated heterocycles. The van der Waals surface area contributed by atoms with Crippen LogP contribution in [0.1, 0.15) is 47.2 Å². The van der Waals surface area contributed by atoms with Crippen LogP contribution in [0.5, 0.6) is 0 Å². The van der Waals surface area contributed by atoms with Crippen molar-refractivity contribution in [3.8, 4) is 0 Å². The molecule has 0 spiro atoms. The molecule has 0 radical (unpaired) electrons. The van der Waals surface area contributed by atoms with E-state index in [1.165, 1.54) is 4.90 Å². The van der Waals surface area contributed by atoms with Crippen molar-refractivity contribution < 1.29 is 14.7 Å². The van der Waals surface area contributed by atoms with Crippen LogP contribution in [0.3, 0.4) is 0 Å². The molecule has 5 nitrogen and oxygen atoms in total. The molecule has 4 rings (SSSR count). The molecule has 1 aliphatic rings. The fraction of sp³-hybridized carbons (Fsp3) is 0.231. The number of carbonyl (C=O) groups excluding carboxylic acids is 1. The number of amides is 1. The van der Waals surface area contributed by atoms with Crippen molar-refractivity contribution in [3.63, 3.8) is 0 Å². The van der Waals surface area contributed by atoms with Gasteiger partial charge in [0.1, 0.15) is 0 Å². The number of nitrogens with zero attached hydrogens (tertiary/aromatic N) is 1. The normalized spacial score (nSPS) is 13.7. The van der Waals surface area contributed by atoms with Crippen LogP contribution in [0.25, 0.3) is 0 Å². The van der Waals surface area contributed by atoms with Gasteiger partial charge in [0.15, 0.2) is 5.78 Å². The Bertz CT molecular complexity index is 1160. The topological polar surface area (TPSA) is 69.6 Å². The van der Waals surface area contributed by atoms with E-state index in [9.17, 15) is 14.7 Å². The standard InChI is InChI=1S/C26H25ClN2O3/c1-17-8-2-5-11-20(17)25(30)21-15-14-18(16-22(21)27)28-23-12-6-7-13-24(23)29(26(31)32)19-9-3-4-10-19/h2,5-8,11-16,19,28H,3-4,9-10H2,1H3,(H,31,32). The van der Waals surface area contributed by atoms with Crippen molar-refractivity contribution in [1.82, 2.24) is 0 Å². The minimum absolute atomic E-state index is 0.0202. The third-order valence-electron chi connectivity index (χ3n) is 5.94. The second kappa shape index (κ2) is 9.45. The first kappa shape index (κ1) is 21.9. The number of rotatable bonds is 6. The zero-order chi connectivity index (χ0) is 22.7. The molecule has 32 heavy (non-hydrogen) atoms. The summed E-state index contributed by atoms with van der Waals surface area (Å²) in [4.78, 5) is 26.5. The highest BCUT2D eigenvalue weighted by molar-refractivity contribution is 6.35. The van der Waals surface area contributed by atoms with Gasteiger partial charge in [0.25, 0.3) is 0 Å². The Morgan fingerprint density at radius 3 is 2.34 bits per heavy atom. The van der Waals surface area contributed by atoms with Crippen LogP contribution >= 0.6 is 11.6 Å². The van der Waals surface area contributed by atoms with Gasteiger partial charge in [-0.05, 0) is 55.7 Å². The summed E-state index contributed by atoms with van der Waals surface area (Å²) in [6, 6.07) is 19.9. The van der Waals surface area contributed by atoms with E-state index in [1.807, 2.05) is 49.4 Å². The minimum atomic E-state index is -0.955. The van der Waals surface area contributed by atoms with Gasteiger partial charge in [0, 0.05) is 22.9 Å². The molecule has 1 amide bonds. The van der Waals surface area contributed by atoms with E-state index in [-0.39, 0.29) is 11.8 Å². The molecule has 0 atom stereocenters. The summed E-state index contributed by atoms with van der Waals surface area (Å²) >= 11 is 6.48. The van der Waals surface area contributed by atoms with Crippen molar-refractivity contribution in [2.24, 2.45) is 0 Å². The minimum Gasteiger partial charge on any atom is -0.465 e. The Kier molecular flexibility index (Phi) is 6.47. The van der Waals surface area contributed by atoms with Crippen molar-refractivity contribution >= 4 is 40.5 Å². The number of nitrogens with one attached hydrogen (secondary N) is 1. The predicted octanol–water partition coefficient (Wildman–Crippen LogP) is 7.05. The average Bonchev–Trinajstić information content (AvgIpc) is 3.29. The number of para-hydroxylation sites is 2. The summed E-state index contributed by atoms with van der Waals surface area (Å²) in [6.45, 7) is 1.90. The molecule has 1 fully saturated rings. The third kappa shape index (κ3) is 4.48. The number of aryl methyl sites for hydroxylation is 1. The highest BCUT2D eigenvalue weighted by atomic mass is 35.5. The van der Waals surface area contributed by atoms with Gasteiger partial charge in [-0.2, -0.15) is 0 Å². The largest absolute Gasteiger partial charge is 0.465 e. The summed E-state index contributed by atoms with van der Waals surface area (Å²) in [5, 5.41) is 13.5. The monoisotopic (exact) mass is 448 g/mol. The smallest absolute Gasteiger partial charge is 0.412 e. The Hall–Kier alpha value is -3.31. The second-order valence-electron chi connectivity index (χ2n) is 8.07. The van der Waals surface area contributed by atoms with Gasteiger partial charge < -0.3 is 10.4 Å². The first-order chi connectivity index (χ1) is 15.5.